The first-order valence-corrected chi connectivity index (χ1v) is 5.29. The van der Waals surface area contributed by atoms with E-state index in [0.717, 1.165) is 16.6 Å². The summed E-state index contributed by atoms with van der Waals surface area (Å²) in [6.45, 7) is 2.29. The van der Waals surface area contributed by atoms with E-state index in [9.17, 15) is 9.50 Å². The monoisotopic (exact) mass is 222 g/mol. The zero-order chi connectivity index (χ0) is 11.7. The van der Waals surface area contributed by atoms with Crippen LogP contribution in [0.15, 0.2) is 18.2 Å². The maximum atomic E-state index is 13.0. The Morgan fingerprint density at radius 2 is 2.25 bits per heavy atom. The standard InChI is InChI=1S/C12H15FN2O/c1-7-12(11(16)4-5-14)9-3-2-8(13)6-10(9)15-7/h2-3,6,11,15-16H,4-5,14H2,1H3. The maximum absolute atomic E-state index is 13.0. The van der Waals surface area contributed by atoms with E-state index in [1.807, 2.05) is 6.92 Å². The van der Waals surface area contributed by atoms with E-state index in [0.29, 0.717) is 18.5 Å². The van der Waals surface area contributed by atoms with E-state index >= 15 is 0 Å². The summed E-state index contributed by atoms with van der Waals surface area (Å²) in [5.74, 6) is -0.284. The molecule has 1 atom stereocenters. The molecule has 1 aromatic heterocycles. The Morgan fingerprint density at radius 1 is 1.50 bits per heavy atom. The summed E-state index contributed by atoms with van der Waals surface area (Å²) in [5.41, 5.74) is 7.82. The third-order valence-corrected chi connectivity index (χ3v) is 2.77. The molecule has 1 heterocycles. The third kappa shape index (κ3) is 1.81. The molecular formula is C12H15FN2O. The van der Waals surface area contributed by atoms with E-state index in [1.165, 1.54) is 12.1 Å². The molecule has 1 unspecified atom stereocenters. The van der Waals surface area contributed by atoms with Gasteiger partial charge >= 0.3 is 0 Å². The number of aryl methyl sites for hydroxylation is 1. The minimum absolute atomic E-state index is 0.284. The second kappa shape index (κ2) is 4.23. The summed E-state index contributed by atoms with van der Waals surface area (Å²) in [5, 5.41) is 10.8. The number of aliphatic hydroxyl groups excluding tert-OH is 1. The van der Waals surface area contributed by atoms with Crippen LogP contribution >= 0.6 is 0 Å². The number of H-pyrrole nitrogens is 1. The Morgan fingerprint density at radius 3 is 2.94 bits per heavy atom. The molecule has 86 valence electrons. The molecule has 0 aliphatic heterocycles. The Labute approximate surface area is 93.1 Å². The second-order valence-electron chi connectivity index (χ2n) is 3.95. The fourth-order valence-corrected chi connectivity index (χ4v) is 2.06. The quantitative estimate of drug-likeness (QED) is 0.743. The van der Waals surface area contributed by atoms with Crippen LogP contribution in [0.5, 0.6) is 0 Å². The van der Waals surface area contributed by atoms with Crippen molar-refractivity contribution in [2.45, 2.75) is 19.4 Å². The summed E-state index contributed by atoms with van der Waals surface area (Å²) in [6.07, 6.45) is -0.0882. The molecule has 2 rings (SSSR count). The second-order valence-corrected chi connectivity index (χ2v) is 3.95. The largest absolute Gasteiger partial charge is 0.388 e. The van der Waals surface area contributed by atoms with Gasteiger partial charge in [-0.15, -0.1) is 0 Å². The summed E-state index contributed by atoms with van der Waals surface area (Å²) < 4.78 is 13.0. The zero-order valence-corrected chi connectivity index (χ0v) is 9.13. The van der Waals surface area contributed by atoms with Gasteiger partial charge in [0.1, 0.15) is 5.82 Å². The highest BCUT2D eigenvalue weighted by Crippen LogP contribution is 2.29. The van der Waals surface area contributed by atoms with Crippen LogP contribution in [0, 0.1) is 12.7 Å². The first kappa shape index (κ1) is 11.1. The highest BCUT2D eigenvalue weighted by molar-refractivity contribution is 5.85. The number of hydrogen-bond acceptors (Lipinski definition) is 2. The first-order valence-electron chi connectivity index (χ1n) is 5.29. The van der Waals surface area contributed by atoms with Crippen molar-refractivity contribution in [2.75, 3.05) is 6.54 Å². The molecule has 0 saturated heterocycles. The van der Waals surface area contributed by atoms with E-state index < -0.39 is 6.10 Å². The fourth-order valence-electron chi connectivity index (χ4n) is 2.06. The van der Waals surface area contributed by atoms with Crippen LogP contribution in [0.1, 0.15) is 23.8 Å². The highest BCUT2D eigenvalue weighted by atomic mass is 19.1. The number of aliphatic hydroxyl groups is 1. The number of benzene rings is 1. The molecule has 16 heavy (non-hydrogen) atoms. The minimum atomic E-state index is -0.593. The average Bonchev–Trinajstić information content (AvgIpc) is 2.53. The summed E-state index contributed by atoms with van der Waals surface area (Å²) >= 11 is 0. The Hall–Kier alpha value is -1.39. The number of aromatic amines is 1. The molecule has 0 radical (unpaired) electrons. The lowest BCUT2D eigenvalue weighted by Gasteiger charge is -2.09. The van der Waals surface area contributed by atoms with Crippen LogP contribution in [0.3, 0.4) is 0 Å². The molecular weight excluding hydrogens is 207 g/mol. The van der Waals surface area contributed by atoms with Crippen molar-refractivity contribution in [1.82, 2.24) is 4.98 Å². The first-order chi connectivity index (χ1) is 7.63. The van der Waals surface area contributed by atoms with Gasteiger partial charge in [0.2, 0.25) is 0 Å². The van der Waals surface area contributed by atoms with Gasteiger partial charge in [0.05, 0.1) is 6.10 Å². The lowest BCUT2D eigenvalue weighted by molar-refractivity contribution is 0.171. The lowest BCUT2D eigenvalue weighted by Crippen LogP contribution is -2.07. The van der Waals surface area contributed by atoms with E-state index in [-0.39, 0.29) is 5.82 Å². The zero-order valence-electron chi connectivity index (χ0n) is 9.13. The van der Waals surface area contributed by atoms with Crippen LogP contribution in [0.25, 0.3) is 10.9 Å². The van der Waals surface area contributed by atoms with Gasteiger partial charge in [-0.3, -0.25) is 0 Å². The Balaban J connectivity index is 2.55. The van der Waals surface area contributed by atoms with Crippen molar-refractivity contribution in [3.63, 3.8) is 0 Å². The normalized spacial score (nSPS) is 13.2. The van der Waals surface area contributed by atoms with Crippen molar-refractivity contribution in [3.05, 3.63) is 35.3 Å². The van der Waals surface area contributed by atoms with Crippen molar-refractivity contribution < 1.29 is 9.50 Å². The molecule has 4 N–H and O–H groups in total. The molecule has 0 amide bonds. The SMILES string of the molecule is Cc1[nH]c2cc(F)ccc2c1C(O)CCN. The predicted octanol–water partition coefficient (Wildman–Crippen LogP) is 2.00. The lowest BCUT2D eigenvalue weighted by atomic mass is 10.0. The van der Waals surface area contributed by atoms with Crippen LogP contribution in [-0.2, 0) is 0 Å². The van der Waals surface area contributed by atoms with Crippen molar-refractivity contribution in [1.29, 1.82) is 0 Å². The predicted molar refractivity (Wildman–Crippen MR) is 61.6 cm³/mol. The van der Waals surface area contributed by atoms with E-state index in [1.54, 1.807) is 6.07 Å². The van der Waals surface area contributed by atoms with Crippen LogP contribution in [0.2, 0.25) is 0 Å². The summed E-state index contributed by atoms with van der Waals surface area (Å²) in [4.78, 5) is 3.07. The van der Waals surface area contributed by atoms with Gasteiger partial charge in [0, 0.05) is 22.2 Å². The molecule has 1 aromatic carbocycles. The number of rotatable bonds is 3. The highest BCUT2D eigenvalue weighted by Gasteiger charge is 2.16. The smallest absolute Gasteiger partial charge is 0.125 e. The number of nitrogens with one attached hydrogen (secondary N) is 1. The molecule has 4 heteroatoms. The Kier molecular flexibility index (Phi) is 2.94. The van der Waals surface area contributed by atoms with E-state index in [2.05, 4.69) is 4.98 Å². The number of aromatic nitrogens is 1. The molecule has 3 nitrogen and oxygen atoms in total. The minimum Gasteiger partial charge on any atom is -0.388 e. The number of fused-ring (bicyclic) bond motifs is 1. The van der Waals surface area contributed by atoms with Gasteiger partial charge in [-0.25, -0.2) is 4.39 Å². The van der Waals surface area contributed by atoms with Gasteiger partial charge < -0.3 is 15.8 Å². The Bertz CT molecular complexity index is 507. The molecule has 2 aromatic rings. The molecule has 0 spiro atoms. The number of hydrogen-bond donors (Lipinski definition) is 3. The van der Waals surface area contributed by atoms with E-state index in [4.69, 9.17) is 5.73 Å². The van der Waals surface area contributed by atoms with Crippen molar-refractivity contribution >= 4 is 10.9 Å². The number of halogens is 1. The third-order valence-electron chi connectivity index (χ3n) is 2.77. The van der Waals surface area contributed by atoms with Gasteiger partial charge in [0.25, 0.3) is 0 Å². The number of nitrogens with two attached hydrogens (primary N) is 1. The van der Waals surface area contributed by atoms with Crippen LogP contribution in [-0.4, -0.2) is 16.6 Å². The van der Waals surface area contributed by atoms with Gasteiger partial charge in [-0.05, 0) is 38.1 Å². The maximum Gasteiger partial charge on any atom is 0.125 e. The van der Waals surface area contributed by atoms with Gasteiger partial charge in [0.15, 0.2) is 0 Å². The molecule has 0 aliphatic carbocycles. The molecule has 0 fully saturated rings. The summed E-state index contributed by atoms with van der Waals surface area (Å²) in [7, 11) is 0. The van der Waals surface area contributed by atoms with Gasteiger partial charge in [-0.2, -0.15) is 0 Å². The van der Waals surface area contributed by atoms with Crippen LogP contribution in [0.4, 0.5) is 4.39 Å². The van der Waals surface area contributed by atoms with Gasteiger partial charge in [-0.1, -0.05) is 0 Å². The topological polar surface area (TPSA) is 62.0 Å². The fraction of sp³-hybridized carbons (Fsp3) is 0.333. The summed E-state index contributed by atoms with van der Waals surface area (Å²) in [6, 6.07) is 4.51. The van der Waals surface area contributed by atoms with Crippen molar-refractivity contribution in [3.8, 4) is 0 Å². The van der Waals surface area contributed by atoms with Crippen molar-refractivity contribution in [2.24, 2.45) is 5.73 Å². The van der Waals surface area contributed by atoms with Crippen LogP contribution < -0.4 is 5.73 Å². The molecule has 0 aliphatic rings. The molecule has 0 saturated carbocycles. The molecule has 0 bridgehead atoms. The average molecular weight is 222 g/mol.